The fourth-order valence-corrected chi connectivity index (χ4v) is 0.977. The lowest BCUT2D eigenvalue weighted by Crippen LogP contribution is -2.35. The van der Waals surface area contributed by atoms with Crippen LogP contribution in [0.5, 0.6) is 0 Å². The molecule has 0 aliphatic carbocycles. The molecular formula is C2H8N3O4P. The van der Waals surface area contributed by atoms with E-state index in [2.05, 4.69) is 14.9 Å². The Morgan fingerprint density at radius 1 is 1.50 bits per heavy atom. The third-order valence-corrected chi connectivity index (χ3v) is 1.84. The van der Waals surface area contributed by atoms with Gasteiger partial charge in [-0.15, -0.1) is 4.99 Å². The van der Waals surface area contributed by atoms with Crippen LogP contribution in [0.1, 0.15) is 0 Å². The minimum atomic E-state index is -3.34. The Labute approximate surface area is 57.1 Å². The summed E-state index contributed by atoms with van der Waals surface area (Å²) >= 11 is 0. The first kappa shape index (κ1) is 8.09. The van der Waals surface area contributed by atoms with Gasteiger partial charge in [0.2, 0.25) is 0 Å². The van der Waals surface area contributed by atoms with Crippen molar-refractivity contribution in [2.45, 2.75) is 0 Å². The zero-order chi connectivity index (χ0) is 7.61. The molecule has 7 nitrogen and oxygen atoms in total. The molecule has 8 heteroatoms. The number of hydroxylamine groups is 1. The van der Waals surface area contributed by atoms with E-state index < -0.39 is 7.59 Å². The maximum Gasteiger partial charge on any atom is 0.301 e. The van der Waals surface area contributed by atoms with Crippen LogP contribution >= 0.6 is 7.59 Å². The van der Waals surface area contributed by atoms with Crippen molar-refractivity contribution in [3.63, 3.8) is 0 Å². The molecule has 0 saturated carbocycles. The van der Waals surface area contributed by atoms with Gasteiger partial charge in [-0.05, 0) is 5.04 Å². The predicted octanol–water partition coefficient (Wildman–Crippen LogP) is -0.878. The molecule has 0 spiro atoms. The molecule has 0 aromatic rings. The van der Waals surface area contributed by atoms with Gasteiger partial charge >= 0.3 is 7.59 Å². The van der Waals surface area contributed by atoms with E-state index in [9.17, 15) is 4.57 Å². The number of nitrogens with two attached hydrogens (primary N) is 2. The van der Waals surface area contributed by atoms with Crippen LogP contribution in [-0.2, 0) is 19.5 Å². The standard InChI is InChI=1S/C2H8N3O4P/c3-10(4,6)5-1-2-7-9-8-5/h1-2H2,(H4,3,4,6). The van der Waals surface area contributed by atoms with Crippen LogP contribution in [0.25, 0.3) is 0 Å². The van der Waals surface area contributed by atoms with Crippen LogP contribution in [0.15, 0.2) is 0 Å². The van der Waals surface area contributed by atoms with E-state index in [1.54, 1.807) is 0 Å². The summed E-state index contributed by atoms with van der Waals surface area (Å²) in [6.07, 6.45) is 0. The van der Waals surface area contributed by atoms with Gasteiger partial charge in [-0.25, -0.2) is 4.89 Å². The first-order valence-corrected chi connectivity index (χ1v) is 4.32. The summed E-state index contributed by atoms with van der Waals surface area (Å²) in [5, 5.41) is 4.00. The average Bonchev–Trinajstić information content (AvgIpc) is 1.88. The molecule has 4 N–H and O–H groups in total. The van der Waals surface area contributed by atoms with Gasteiger partial charge in [0.1, 0.15) is 6.61 Å². The van der Waals surface area contributed by atoms with Gasteiger partial charge < -0.3 is 0 Å². The molecule has 1 rings (SSSR count). The highest BCUT2D eigenvalue weighted by molar-refractivity contribution is 7.56. The minimum Gasteiger partial charge on any atom is -0.269 e. The topological polar surface area (TPSA) is 100 Å². The maximum absolute atomic E-state index is 10.8. The quantitative estimate of drug-likeness (QED) is 0.388. The molecule has 0 aromatic heterocycles. The molecule has 0 amide bonds. The van der Waals surface area contributed by atoms with E-state index in [1.165, 1.54) is 0 Å². The molecule has 1 aliphatic rings. The largest absolute Gasteiger partial charge is 0.301 e. The second kappa shape index (κ2) is 2.93. The van der Waals surface area contributed by atoms with Gasteiger partial charge in [0.25, 0.3) is 0 Å². The Morgan fingerprint density at radius 2 is 2.20 bits per heavy atom. The van der Waals surface area contributed by atoms with Crippen molar-refractivity contribution < 1.29 is 19.5 Å². The van der Waals surface area contributed by atoms with Crippen LogP contribution in [0.3, 0.4) is 0 Å². The Bertz CT molecular complexity index is 151. The second-order valence-electron chi connectivity index (χ2n) is 1.71. The monoisotopic (exact) mass is 169 g/mol. The van der Waals surface area contributed by atoms with Crippen LogP contribution in [0.4, 0.5) is 0 Å². The fourth-order valence-electron chi connectivity index (χ4n) is 0.452. The molecule has 1 fully saturated rings. The summed E-state index contributed by atoms with van der Waals surface area (Å²) in [5.41, 5.74) is 10.0. The first-order chi connectivity index (χ1) is 4.61. The highest BCUT2D eigenvalue weighted by atomic mass is 31.2. The predicted molar refractivity (Wildman–Crippen MR) is 30.8 cm³/mol. The van der Waals surface area contributed by atoms with Crippen molar-refractivity contribution in [1.82, 2.24) is 4.83 Å². The summed E-state index contributed by atoms with van der Waals surface area (Å²) in [4.78, 5) is 9.38. The number of rotatable bonds is 1. The molecule has 0 unspecified atom stereocenters. The fraction of sp³-hybridized carbons (Fsp3) is 1.00. The van der Waals surface area contributed by atoms with E-state index in [0.29, 0.717) is 0 Å². The third-order valence-electron chi connectivity index (χ3n) is 0.879. The summed E-state index contributed by atoms with van der Waals surface area (Å²) in [7, 11) is -3.34. The van der Waals surface area contributed by atoms with Crippen molar-refractivity contribution in [2.24, 2.45) is 11.0 Å². The number of hydrogen-bond acceptors (Lipinski definition) is 4. The average molecular weight is 169 g/mol. The molecule has 0 bridgehead atoms. The molecule has 0 radical (unpaired) electrons. The Kier molecular flexibility index (Phi) is 2.37. The minimum absolute atomic E-state index is 0.221. The lowest BCUT2D eigenvalue weighted by Gasteiger charge is -2.24. The van der Waals surface area contributed by atoms with Crippen LogP contribution < -0.4 is 11.0 Å². The maximum atomic E-state index is 10.8. The molecule has 1 aliphatic heterocycles. The molecule has 0 aromatic carbocycles. The molecule has 0 atom stereocenters. The summed E-state index contributed by atoms with van der Waals surface area (Å²) in [6, 6.07) is 0. The molecule has 1 saturated heterocycles. The highest BCUT2D eigenvalue weighted by Crippen LogP contribution is 2.32. The summed E-state index contributed by atoms with van der Waals surface area (Å²) in [5.74, 6) is 0. The lowest BCUT2D eigenvalue weighted by molar-refractivity contribution is -0.589. The number of hydrogen-bond donors (Lipinski definition) is 2. The zero-order valence-electron chi connectivity index (χ0n) is 5.10. The Balaban J connectivity index is 2.47. The van der Waals surface area contributed by atoms with Gasteiger partial charge in [-0.3, -0.25) is 15.6 Å². The van der Waals surface area contributed by atoms with Gasteiger partial charge in [0.05, 0.1) is 6.54 Å². The van der Waals surface area contributed by atoms with E-state index >= 15 is 0 Å². The van der Waals surface area contributed by atoms with Gasteiger partial charge in [-0.1, -0.05) is 4.83 Å². The van der Waals surface area contributed by atoms with E-state index in [4.69, 9.17) is 11.0 Å². The molecule has 60 valence electrons. The van der Waals surface area contributed by atoms with E-state index in [-0.39, 0.29) is 13.2 Å². The van der Waals surface area contributed by atoms with Gasteiger partial charge in [-0.2, -0.15) is 0 Å². The molecule has 10 heavy (non-hydrogen) atoms. The number of nitrogens with zero attached hydrogens (tertiary/aromatic N) is 1. The van der Waals surface area contributed by atoms with E-state index in [1.807, 2.05) is 0 Å². The van der Waals surface area contributed by atoms with Crippen molar-refractivity contribution >= 4 is 7.59 Å². The smallest absolute Gasteiger partial charge is 0.269 e. The Morgan fingerprint density at radius 3 is 2.50 bits per heavy atom. The molecule has 1 heterocycles. The van der Waals surface area contributed by atoms with Gasteiger partial charge in [0.15, 0.2) is 0 Å². The highest BCUT2D eigenvalue weighted by Gasteiger charge is 2.26. The van der Waals surface area contributed by atoms with Crippen molar-refractivity contribution in [1.29, 1.82) is 0 Å². The van der Waals surface area contributed by atoms with Crippen molar-refractivity contribution in [3.05, 3.63) is 0 Å². The SMILES string of the molecule is NP(N)(=O)N1CCOOO1. The molecular weight excluding hydrogens is 161 g/mol. The Hall–Kier alpha value is -0.0100. The third kappa shape index (κ3) is 1.99. The second-order valence-corrected chi connectivity index (χ2v) is 3.50. The first-order valence-electron chi connectivity index (χ1n) is 2.52. The zero-order valence-corrected chi connectivity index (χ0v) is 5.99. The van der Waals surface area contributed by atoms with Crippen LogP contribution in [0, 0.1) is 0 Å². The lowest BCUT2D eigenvalue weighted by atomic mass is 10.7. The van der Waals surface area contributed by atoms with E-state index in [0.717, 1.165) is 4.83 Å². The van der Waals surface area contributed by atoms with Crippen LogP contribution in [0.2, 0.25) is 0 Å². The van der Waals surface area contributed by atoms with Gasteiger partial charge in [0, 0.05) is 0 Å². The normalized spacial score (nSPS) is 23.0. The summed E-state index contributed by atoms with van der Waals surface area (Å²) < 4.78 is 10.8. The van der Waals surface area contributed by atoms with Crippen molar-refractivity contribution in [3.8, 4) is 0 Å². The van der Waals surface area contributed by atoms with Crippen molar-refractivity contribution in [2.75, 3.05) is 13.2 Å². The summed E-state index contributed by atoms with van der Waals surface area (Å²) in [6.45, 7) is 0.447. The van der Waals surface area contributed by atoms with Crippen LogP contribution in [-0.4, -0.2) is 18.0 Å².